The van der Waals surface area contributed by atoms with E-state index in [1.54, 1.807) is 0 Å². The Hall–Kier alpha value is 0.620. The summed E-state index contributed by atoms with van der Waals surface area (Å²) in [5, 5.41) is 0.504. The molecule has 2 aliphatic heterocycles. The third-order valence-corrected chi connectivity index (χ3v) is 2.89. The minimum absolute atomic E-state index is 0.186. The van der Waals surface area contributed by atoms with Crippen LogP contribution in [0.1, 0.15) is 0 Å². The van der Waals surface area contributed by atoms with Crippen LogP contribution in [0.5, 0.6) is 0 Å². The monoisotopic (exact) mass is 178 g/mol. The summed E-state index contributed by atoms with van der Waals surface area (Å²) in [5.74, 6) is 0. The number of thiol groups is 2. The highest BCUT2D eigenvalue weighted by atomic mass is 32.1. The molecule has 4 unspecified atom stereocenters. The predicted octanol–water partition coefficient (Wildman–Crippen LogP) is 0.381. The summed E-state index contributed by atoms with van der Waals surface area (Å²) in [5.41, 5.74) is 0. The second-order valence-corrected chi connectivity index (χ2v) is 4.06. The van der Waals surface area contributed by atoms with Gasteiger partial charge in [0.2, 0.25) is 0 Å². The first kappa shape index (κ1) is 7.28. The zero-order valence-electron chi connectivity index (χ0n) is 5.43. The molecule has 0 spiro atoms. The molecule has 0 bridgehead atoms. The quantitative estimate of drug-likeness (QED) is 0.522. The molecule has 4 heteroatoms. The average Bonchev–Trinajstić information content (AvgIpc) is 2.41. The molecule has 2 saturated heterocycles. The predicted molar refractivity (Wildman–Crippen MR) is 45.0 cm³/mol. The van der Waals surface area contributed by atoms with Crippen molar-refractivity contribution in [1.82, 2.24) is 0 Å². The van der Waals surface area contributed by atoms with Gasteiger partial charge in [0.1, 0.15) is 0 Å². The third-order valence-electron chi connectivity index (χ3n) is 2.00. The minimum atomic E-state index is 0.186. The third kappa shape index (κ3) is 0.978. The molecule has 2 fully saturated rings. The highest BCUT2D eigenvalue weighted by Crippen LogP contribution is 2.31. The Kier molecular flexibility index (Phi) is 1.88. The highest BCUT2D eigenvalue weighted by molar-refractivity contribution is 7.81. The van der Waals surface area contributed by atoms with Crippen molar-refractivity contribution < 1.29 is 9.47 Å². The molecule has 0 aliphatic carbocycles. The van der Waals surface area contributed by atoms with Crippen molar-refractivity contribution in [2.45, 2.75) is 22.7 Å². The van der Waals surface area contributed by atoms with E-state index in [1.807, 2.05) is 0 Å². The van der Waals surface area contributed by atoms with Gasteiger partial charge in [-0.25, -0.2) is 0 Å². The summed E-state index contributed by atoms with van der Waals surface area (Å²) in [6.45, 7) is 1.41. The fourth-order valence-electron chi connectivity index (χ4n) is 1.46. The van der Waals surface area contributed by atoms with Gasteiger partial charge in [0, 0.05) is 0 Å². The standard InChI is InChI=1S/C6H10O2S2/c9-3-1-7-6-4(10)2-8-5(3)6/h3-6,9-10H,1-2H2. The molecule has 2 rings (SSSR count). The number of rotatable bonds is 0. The lowest BCUT2D eigenvalue weighted by atomic mass is 10.2. The first-order valence-corrected chi connectivity index (χ1v) is 4.41. The summed E-state index contributed by atoms with van der Waals surface area (Å²) in [6.07, 6.45) is 0.372. The Morgan fingerprint density at radius 2 is 1.30 bits per heavy atom. The normalized spacial score (nSPS) is 53.4. The number of ether oxygens (including phenoxy) is 2. The van der Waals surface area contributed by atoms with Gasteiger partial charge in [0.15, 0.2) is 0 Å². The molecule has 2 aliphatic rings. The molecular weight excluding hydrogens is 168 g/mol. The van der Waals surface area contributed by atoms with Crippen molar-refractivity contribution in [3.05, 3.63) is 0 Å². The Labute approximate surface area is 71.1 Å². The maximum absolute atomic E-state index is 5.42. The summed E-state index contributed by atoms with van der Waals surface area (Å²) < 4.78 is 10.8. The van der Waals surface area contributed by atoms with Crippen LogP contribution in [0.15, 0.2) is 0 Å². The molecule has 4 atom stereocenters. The molecule has 0 radical (unpaired) electrons. The van der Waals surface area contributed by atoms with E-state index in [0.717, 1.165) is 0 Å². The molecule has 0 aromatic carbocycles. The van der Waals surface area contributed by atoms with Crippen LogP contribution >= 0.6 is 25.3 Å². The van der Waals surface area contributed by atoms with Gasteiger partial charge in [0.25, 0.3) is 0 Å². The lowest BCUT2D eigenvalue weighted by molar-refractivity contribution is 0.0746. The van der Waals surface area contributed by atoms with Crippen LogP contribution < -0.4 is 0 Å². The first-order valence-electron chi connectivity index (χ1n) is 3.38. The van der Waals surface area contributed by atoms with Crippen molar-refractivity contribution in [1.29, 1.82) is 0 Å². The first-order chi connectivity index (χ1) is 4.79. The number of hydrogen-bond acceptors (Lipinski definition) is 4. The SMILES string of the molecule is SC1COC2C(S)COC12. The zero-order valence-corrected chi connectivity index (χ0v) is 7.22. The van der Waals surface area contributed by atoms with E-state index in [4.69, 9.17) is 9.47 Å². The van der Waals surface area contributed by atoms with Crippen LogP contribution in [0.3, 0.4) is 0 Å². The second kappa shape index (κ2) is 2.59. The number of fused-ring (bicyclic) bond motifs is 1. The Balaban J connectivity index is 2.09. The smallest absolute Gasteiger partial charge is 0.0986 e. The molecular formula is C6H10O2S2. The maximum Gasteiger partial charge on any atom is 0.0986 e. The molecule has 2 nitrogen and oxygen atoms in total. The van der Waals surface area contributed by atoms with Crippen LogP contribution in [-0.4, -0.2) is 35.9 Å². The van der Waals surface area contributed by atoms with Gasteiger partial charge >= 0.3 is 0 Å². The van der Waals surface area contributed by atoms with E-state index < -0.39 is 0 Å². The van der Waals surface area contributed by atoms with Gasteiger partial charge in [-0.15, -0.1) is 0 Å². The fourth-order valence-corrected chi connectivity index (χ4v) is 2.14. The maximum atomic E-state index is 5.42. The van der Waals surface area contributed by atoms with E-state index in [-0.39, 0.29) is 22.7 Å². The van der Waals surface area contributed by atoms with E-state index >= 15 is 0 Å². The number of hydrogen-bond donors (Lipinski definition) is 2. The topological polar surface area (TPSA) is 18.5 Å². The van der Waals surface area contributed by atoms with Gasteiger partial charge in [0.05, 0.1) is 35.9 Å². The van der Waals surface area contributed by atoms with Crippen LogP contribution in [0.4, 0.5) is 0 Å². The molecule has 0 N–H and O–H groups in total. The zero-order chi connectivity index (χ0) is 7.14. The van der Waals surface area contributed by atoms with Crippen molar-refractivity contribution in [2.24, 2.45) is 0 Å². The second-order valence-electron chi connectivity index (χ2n) is 2.73. The van der Waals surface area contributed by atoms with E-state index in [1.165, 1.54) is 0 Å². The van der Waals surface area contributed by atoms with E-state index in [2.05, 4.69) is 25.3 Å². The van der Waals surface area contributed by atoms with Gasteiger partial charge in [-0.2, -0.15) is 25.3 Å². The van der Waals surface area contributed by atoms with Crippen LogP contribution in [0.25, 0.3) is 0 Å². The molecule has 0 amide bonds. The van der Waals surface area contributed by atoms with Gasteiger partial charge in [-0.1, -0.05) is 0 Å². The molecule has 0 saturated carbocycles. The highest BCUT2D eigenvalue weighted by Gasteiger charge is 2.44. The van der Waals surface area contributed by atoms with Crippen molar-refractivity contribution in [2.75, 3.05) is 13.2 Å². The molecule has 0 aromatic heterocycles. The van der Waals surface area contributed by atoms with Gasteiger partial charge in [-0.3, -0.25) is 0 Å². The minimum Gasteiger partial charge on any atom is -0.373 e. The summed E-state index contributed by atoms with van der Waals surface area (Å²) in [4.78, 5) is 0. The summed E-state index contributed by atoms with van der Waals surface area (Å²) in [6, 6.07) is 0. The van der Waals surface area contributed by atoms with E-state index in [9.17, 15) is 0 Å². The van der Waals surface area contributed by atoms with Crippen LogP contribution in [-0.2, 0) is 9.47 Å². The van der Waals surface area contributed by atoms with Crippen molar-refractivity contribution >= 4 is 25.3 Å². The fraction of sp³-hybridized carbons (Fsp3) is 1.00. The molecule has 2 heterocycles. The lowest BCUT2D eigenvalue weighted by Crippen LogP contribution is -2.26. The van der Waals surface area contributed by atoms with Crippen molar-refractivity contribution in [3.63, 3.8) is 0 Å². The molecule has 58 valence electrons. The van der Waals surface area contributed by atoms with Crippen LogP contribution in [0, 0.1) is 0 Å². The molecule has 10 heavy (non-hydrogen) atoms. The average molecular weight is 178 g/mol. The van der Waals surface area contributed by atoms with Crippen LogP contribution in [0.2, 0.25) is 0 Å². The van der Waals surface area contributed by atoms with Gasteiger partial charge < -0.3 is 9.47 Å². The lowest BCUT2D eigenvalue weighted by Gasteiger charge is -2.09. The summed E-state index contributed by atoms with van der Waals surface area (Å²) >= 11 is 8.65. The Morgan fingerprint density at radius 1 is 0.900 bits per heavy atom. The summed E-state index contributed by atoms with van der Waals surface area (Å²) in [7, 11) is 0. The Morgan fingerprint density at radius 3 is 1.70 bits per heavy atom. The molecule has 0 aromatic rings. The largest absolute Gasteiger partial charge is 0.373 e. The van der Waals surface area contributed by atoms with Crippen molar-refractivity contribution in [3.8, 4) is 0 Å². The van der Waals surface area contributed by atoms with E-state index in [0.29, 0.717) is 13.2 Å². The van der Waals surface area contributed by atoms with Gasteiger partial charge in [-0.05, 0) is 0 Å². The Bertz CT molecular complexity index is 126.